The van der Waals surface area contributed by atoms with Crippen molar-refractivity contribution in [3.05, 3.63) is 52.6 Å². The number of thiazole rings is 1. The lowest BCUT2D eigenvalue weighted by molar-refractivity contribution is 0.694. The molecule has 0 aliphatic heterocycles. The quantitative estimate of drug-likeness (QED) is 0.708. The highest BCUT2D eigenvalue weighted by Gasteiger charge is 2.02. The number of aromatic nitrogens is 2. The normalized spacial score (nSPS) is 10.5. The van der Waals surface area contributed by atoms with Gasteiger partial charge >= 0.3 is 0 Å². The molecule has 3 aromatic rings. The van der Waals surface area contributed by atoms with E-state index < -0.39 is 0 Å². The molecular formula is C14H16ClN3S. The molecule has 100 valence electrons. The van der Waals surface area contributed by atoms with Crippen LogP contribution in [0.15, 0.2) is 42.2 Å². The van der Waals surface area contributed by atoms with Gasteiger partial charge in [-0.2, -0.15) is 0 Å². The van der Waals surface area contributed by atoms with Crippen molar-refractivity contribution < 1.29 is 0 Å². The Bertz CT molecular complexity index is 618. The Labute approximate surface area is 122 Å². The Kier molecular flexibility index (Phi) is 4.96. The lowest BCUT2D eigenvalue weighted by Gasteiger charge is -2.02. The highest BCUT2D eigenvalue weighted by molar-refractivity contribution is 7.09. The predicted octanol–water partition coefficient (Wildman–Crippen LogP) is 3.38. The van der Waals surface area contributed by atoms with Crippen LogP contribution in [0, 0.1) is 0 Å². The average molecular weight is 294 g/mol. The summed E-state index contributed by atoms with van der Waals surface area (Å²) >= 11 is 1.69. The van der Waals surface area contributed by atoms with E-state index in [4.69, 9.17) is 0 Å². The Hall–Kier alpha value is -1.36. The second-order valence-electron chi connectivity index (χ2n) is 4.25. The van der Waals surface area contributed by atoms with Gasteiger partial charge in [-0.1, -0.05) is 18.2 Å². The maximum Gasteiger partial charge on any atom is 0.0794 e. The number of fused-ring (bicyclic) bond motifs is 1. The smallest absolute Gasteiger partial charge is 0.0794 e. The molecule has 0 radical (unpaired) electrons. The van der Waals surface area contributed by atoms with Gasteiger partial charge in [-0.05, 0) is 24.6 Å². The maximum absolute atomic E-state index is 4.07. The monoisotopic (exact) mass is 293 g/mol. The van der Waals surface area contributed by atoms with Gasteiger partial charge in [0.25, 0.3) is 0 Å². The molecule has 2 N–H and O–H groups in total. The number of H-pyrrole nitrogens is 1. The van der Waals surface area contributed by atoms with Crippen LogP contribution in [-0.2, 0) is 13.0 Å². The lowest BCUT2D eigenvalue weighted by atomic mass is 10.1. The van der Waals surface area contributed by atoms with Gasteiger partial charge in [0.1, 0.15) is 0 Å². The maximum atomic E-state index is 4.07. The molecule has 2 heterocycles. The van der Waals surface area contributed by atoms with Crippen LogP contribution in [0.25, 0.3) is 10.9 Å². The number of nitrogens with one attached hydrogen (secondary N) is 2. The summed E-state index contributed by atoms with van der Waals surface area (Å²) in [5, 5.41) is 4.78. The van der Waals surface area contributed by atoms with Gasteiger partial charge < -0.3 is 10.3 Å². The van der Waals surface area contributed by atoms with Crippen LogP contribution in [-0.4, -0.2) is 16.5 Å². The topological polar surface area (TPSA) is 40.7 Å². The van der Waals surface area contributed by atoms with Crippen molar-refractivity contribution in [2.24, 2.45) is 0 Å². The predicted molar refractivity (Wildman–Crippen MR) is 83.1 cm³/mol. The van der Waals surface area contributed by atoms with E-state index in [1.807, 2.05) is 11.7 Å². The highest BCUT2D eigenvalue weighted by Crippen LogP contribution is 2.17. The fourth-order valence-electron chi connectivity index (χ4n) is 2.10. The third kappa shape index (κ3) is 3.35. The zero-order valence-corrected chi connectivity index (χ0v) is 12.1. The minimum Gasteiger partial charge on any atom is -0.361 e. The van der Waals surface area contributed by atoms with Crippen LogP contribution in [0.1, 0.15) is 10.4 Å². The molecule has 2 aromatic heterocycles. The van der Waals surface area contributed by atoms with E-state index in [1.54, 1.807) is 11.3 Å². The molecular weight excluding hydrogens is 278 g/mol. The summed E-state index contributed by atoms with van der Waals surface area (Å²) < 4.78 is 0. The van der Waals surface area contributed by atoms with Gasteiger partial charge in [-0.25, -0.2) is 0 Å². The Morgan fingerprint density at radius 3 is 3.00 bits per heavy atom. The molecule has 0 fully saturated rings. The van der Waals surface area contributed by atoms with Crippen molar-refractivity contribution in [2.75, 3.05) is 6.54 Å². The molecule has 0 unspecified atom stereocenters. The van der Waals surface area contributed by atoms with Crippen LogP contribution in [0.4, 0.5) is 0 Å². The van der Waals surface area contributed by atoms with Crippen LogP contribution in [0.5, 0.6) is 0 Å². The van der Waals surface area contributed by atoms with Crippen molar-refractivity contribution in [3.8, 4) is 0 Å². The third-order valence-corrected chi connectivity index (χ3v) is 3.81. The summed E-state index contributed by atoms with van der Waals surface area (Å²) in [6.07, 6.45) is 5.07. The van der Waals surface area contributed by atoms with Crippen LogP contribution in [0.2, 0.25) is 0 Å². The zero-order valence-electron chi connectivity index (χ0n) is 10.4. The molecule has 0 bridgehead atoms. The number of para-hydroxylation sites is 1. The van der Waals surface area contributed by atoms with Crippen molar-refractivity contribution >= 4 is 34.6 Å². The van der Waals surface area contributed by atoms with Crippen LogP contribution >= 0.6 is 23.7 Å². The van der Waals surface area contributed by atoms with E-state index in [-0.39, 0.29) is 12.4 Å². The molecule has 19 heavy (non-hydrogen) atoms. The summed E-state index contributed by atoms with van der Waals surface area (Å²) in [5.74, 6) is 0. The van der Waals surface area contributed by atoms with Gasteiger partial charge in [0.05, 0.1) is 5.51 Å². The molecule has 0 amide bonds. The van der Waals surface area contributed by atoms with E-state index in [0.29, 0.717) is 0 Å². The van der Waals surface area contributed by atoms with Crippen molar-refractivity contribution in [1.82, 2.24) is 15.3 Å². The first kappa shape index (κ1) is 14.1. The third-order valence-electron chi connectivity index (χ3n) is 3.03. The number of rotatable bonds is 5. The van der Waals surface area contributed by atoms with Crippen molar-refractivity contribution in [2.45, 2.75) is 13.0 Å². The largest absolute Gasteiger partial charge is 0.361 e. The van der Waals surface area contributed by atoms with E-state index in [2.05, 4.69) is 45.7 Å². The first-order valence-electron chi connectivity index (χ1n) is 6.06. The highest BCUT2D eigenvalue weighted by atomic mass is 35.5. The lowest BCUT2D eigenvalue weighted by Crippen LogP contribution is -2.15. The fraction of sp³-hybridized carbons (Fsp3) is 0.214. The molecule has 1 aromatic carbocycles. The minimum absolute atomic E-state index is 0. The van der Waals surface area contributed by atoms with E-state index in [1.165, 1.54) is 21.3 Å². The summed E-state index contributed by atoms with van der Waals surface area (Å²) in [6, 6.07) is 8.43. The number of hydrogen-bond acceptors (Lipinski definition) is 3. The zero-order chi connectivity index (χ0) is 12.2. The molecule has 0 saturated carbocycles. The van der Waals surface area contributed by atoms with E-state index in [0.717, 1.165) is 19.5 Å². The van der Waals surface area contributed by atoms with Gasteiger partial charge in [0, 0.05) is 34.7 Å². The SMILES string of the molecule is Cl.c1ccc2c(CCNCc3cncs3)c[nH]c2c1. The molecule has 5 heteroatoms. The molecule has 0 atom stereocenters. The Morgan fingerprint density at radius 1 is 1.26 bits per heavy atom. The number of benzene rings is 1. The molecule has 0 spiro atoms. The molecule has 0 aliphatic carbocycles. The number of hydrogen-bond donors (Lipinski definition) is 2. The fourth-order valence-corrected chi connectivity index (χ4v) is 2.67. The van der Waals surface area contributed by atoms with Gasteiger partial charge in [0.15, 0.2) is 0 Å². The standard InChI is InChI=1S/C14H15N3S.ClH/c1-2-4-14-13(3-1)11(7-17-14)5-6-15-8-12-9-16-10-18-12;/h1-4,7,9-10,15,17H,5-6,8H2;1H. The van der Waals surface area contributed by atoms with Crippen molar-refractivity contribution in [3.63, 3.8) is 0 Å². The molecule has 0 aliphatic rings. The minimum atomic E-state index is 0. The summed E-state index contributed by atoms with van der Waals surface area (Å²) in [4.78, 5) is 8.66. The molecule has 3 rings (SSSR count). The first-order valence-corrected chi connectivity index (χ1v) is 6.94. The van der Waals surface area contributed by atoms with Gasteiger partial charge in [0.2, 0.25) is 0 Å². The average Bonchev–Trinajstić information content (AvgIpc) is 3.04. The van der Waals surface area contributed by atoms with Crippen molar-refractivity contribution in [1.29, 1.82) is 0 Å². The van der Waals surface area contributed by atoms with Gasteiger partial charge in [-0.15, -0.1) is 23.7 Å². The summed E-state index contributed by atoms with van der Waals surface area (Å²) in [7, 11) is 0. The number of aromatic amines is 1. The second kappa shape index (κ2) is 6.70. The second-order valence-corrected chi connectivity index (χ2v) is 5.22. The number of halogens is 1. The Morgan fingerprint density at radius 2 is 2.16 bits per heavy atom. The Balaban J connectivity index is 0.00000133. The van der Waals surface area contributed by atoms with E-state index in [9.17, 15) is 0 Å². The number of nitrogens with zero attached hydrogens (tertiary/aromatic N) is 1. The van der Waals surface area contributed by atoms with Gasteiger partial charge in [-0.3, -0.25) is 4.98 Å². The summed E-state index contributed by atoms with van der Waals surface area (Å²) in [5.41, 5.74) is 4.47. The summed E-state index contributed by atoms with van der Waals surface area (Å²) in [6.45, 7) is 1.90. The first-order chi connectivity index (χ1) is 8.93. The van der Waals surface area contributed by atoms with E-state index >= 15 is 0 Å². The van der Waals surface area contributed by atoms with Crippen LogP contribution in [0.3, 0.4) is 0 Å². The van der Waals surface area contributed by atoms with Crippen LogP contribution < -0.4 is 5.32 Å². The molecule has 3 nitrogen and oxygen atoms in total. The molecule has 0 saturated heterocycles.